The van der Waals surface area contributed by atoms with Crippen LogP contribution in [-0.2, 0) is 5.75 Å². The Bertz CT molecular complexity index is 372. The molecule has 0 saturated carbocycles. The molecule has 5 heteroatoms. The molecule has 0 aromatic heterocycles. The highest BCUT2D eigenvalue weighted by Gasteiger charge is 2.02. The van der Waals surface area contributed by atoms with Gasteiger partial charge in [0, 0.05) is 19.9 Å². The highest BCUT2D eigenvalue weighted by atomic mass is 127. The molecule has 0 atom stereocenters. The molecule has 1 aromatic rings. The first kappa shape index (κ1) is 10.7. The fourth-order valence-corrected chi connectivity index (χ4v) is 1.82. The van der Waals surface area contributed by atoms with Crippen molar-refractivity contribution in [3.63, 3.8) is 0 Å². The minimum Gasteiger partial charge on any atom is -0.175 e. The molecule has 0 aliphatic carbocycles. The van der Waals surface area contributed by atoms with E-state index in [9.17, 15) is 0 Å². The van der Waals surface area contributed by atoms with Crippen LogP contribution in [0.5, 0.6) is 0 Å². The van der Waals surface area contributed by atoms with Crippen molar-refractivity contribution in [3.05, 3.63) is 37.3 Å². The van der Waals surface area contributed by atoms with E-state index in [4.69, 9.17) is 5.53 Å². The van der Waals surface area contributed by atoms with Crippen molar-refractivity contribution < 1.29 is 0 Å². The quantitative estimate of drug-likeness (QED) is 0.283. The van der Waals surface area contributed by atoms with Crippen molar-refractivity contribution in [1.29, 1.82) is 0 Å². The van der Waals surface area contributed by atoms with Gasteiger partial charge in [0.25, 0.3) is 0 Å². The zero-order valence-electron chi connectivity index (χ0n) is 7.03. The van der Waals surface area contributed by atoms with Gasteiger partial charge in [0.1, 0.15) is 0 Å². The van der Waals surface area contributed by atoms with Gasteiger partial charge in [-0.3, -0.25) is 0 Å². The molecule has 3 nitrogen and oxygen atoms in total. The summed E-state index contributed by atoms with van der Waals surface area (Å²) < 4.78 is 1.10. The lowest BCUT2D eigenvalue weighted by atomic mass is 10.1. The topological polar surface area (TPSA) is 48.8 Å². The van der Waals surface area contributed by atoms with Crippen LogP contribution in [0.3, 0.4) is 0 Å². The van der Waals surface area contributed by atoms with Crippen LogP contribution in [0, 0.1) is 10.5 Å². The second kappa shape index (κ2) is 4.74. The maximum Gasteiger partial charge on any atom is 0.0418 e. The number of hydrogen-bond acceptors (Lipinski definition) is 2. The van der Waals surface area contributed by atoms with E-state index in [1.165, 1.54) is 0 Å². The molecule has 0 aliphatic rings. The van der Waals surface area contributed by atoms with Gasteiger partial charge in [-0.15, -0.1) is 0 Å². The predicted octanol–water partition coefficient (Wildman–Crippen LogP) is 3.97. The van der Waals surface area contributed by atoms with E-state index < -0.39 is 0 Å². The zero-order chi connectivity index (χ0) is 9.84. The third-order valence-electron chi connectivity index (χ3n) is 1.71. The molecule has 0 radical (unpaired) electrons. The SMILES string of the molecule is Cc1c(I)cc(CS)cc1N=[N+]=[N-]. The fraction of sp³-hybridized carbons (Fsp3) is 0.250. The number of thiol groups is 1. The Morgan fingerprint density at radius 3 is 2.85 bits per heavy atom. The summed E-state index contributed by atoms with van der Waals surface area (Å²) in [6.07, 6.45) is 0. The lowest BCUT2D eigenvalue weighted by Gasteiger charge is -2.05. The van der Waals surface area contributed by atoms with E-state index in [2.05, 4.69) is 45.2 Å². The molecular weight excluding hydrogens is 297 g/mol. The van der Waals surface area contributed by atoms with Gasteiger partial charge in [-0.25, -0.2) is 0 Å². The standard InChI is InChI=1S/C8H8IN3S/c1-5-7(9)2-6(4-13)3-8(5)11-12-10/h2-3,13H,4H2,1H3. The average Bonchev–Trinajstić information content (AvgIpc) is 2.13. The summed E-state index contributed by atoms with van der Waals surface area (Å²) in [5.74, 6) is 0.657. The number of hydrogen-bond donors (Lipinski definition) is 1. The maximum atomic E-state index is 8.34. The minimum atomic E-state index is 0.657. The molecule has 0 unspecified atom stereocenters. The van der Waals surface area contributed by atoms with Crippen molar-refractivity contribution in [2.45, 2.75) is 12.7 Å². The first-order valence-electron chi connectivity index (χ1n) is 3.64. The molecule has 0 heterocycles. The Labute approximate surface area is 95.7 Å². The van der Waals surface area contributed by atoms with Crippen LogP contribution in [-0.4, -0.2) is 0 Å². The Kier molecular flexibility index (Phi) is 3.90. The van der Waals surface area contributed by atoms with Crippen LogP contribution in [0.1, 0.15) is 11.1 Å². The van der Waals surface area contributed by atoms with Crippen LogP contribution < -0.4 is 0 Å². The second-order valence-corrected chi connectivity index (χ2v) is 4.05. The van der Waals surface area contributed by atoms with Gasteiger partial charge in [-0.1, -0.05) is 5.11 Å². The number of benzene rings is 1. The van der Waals surface area contributed by atoms with Gasteiger partial charge in [-0.05, 0) is 58.3 Å². The normalized spacial score (nSPS) is 9.46. The van der Waals surface area contributed by atoms with Crippen molar-refractivity contribution >= 4 is 40.9 Å². The van der Waals surface area contributed by atoms with Crippen LogP contribution in [0.25, 0.3) is 10.4 Å². The van der Waals surface area contributed by atoms with E-state index in [-0.39, 0.29) is 0 Å². The third kappa shape index (κ3) is 2.52. The average molecular weight is 305 g/mol. The molecule has 0 aliphatic heterocycles. The first-order valence-corrected chi connectivity index (χ1v) is 5.35. The fourth-order valence-electron chi connectivity index (χ4n) is 0.962. The molecule has 0 amide bonds. The summed E-state index contributed by atoms with van der Waals surface area (Å²) in [7, 11) is 0. The highest BCUT2D eigenvalue weighted by molar-refractivity contribution is 14.1. The number of rotatable bonds is 2. The predicted molar refractivity (Wildman–Crippen MR) is 65.4 cm³/mol. The summed E-state index contributed by atoms with van der Waals surface area (Å²) in [5.41, 5.74) is 11.1. The third-order valence-corrected chi connectivity index (χ3v) is 3.20. The largest absolute Gasteiger partial charge is 0.175 e. The van der Waals surface area contributed by atoms with Gasteiger partial charge in [0.15, 0.2) is 0 Å². The lowest BCUT2D eigenvalue weighted by Crippen LogP contribution is -1.85. The van der Waals surface area contributed by atoms with Crippen molar-refractivity contribution in [2.75, 3.05) is 0 Å². The molecule has 68 valence electrons. The highest BCUT2D eigenvalue weighted by Crippen LogP contribution is 2.26. The second-order valence-electron chi connectivity index (χ2n) is 2.57. The lowest BCUT2D eigenvalue weighted by molar-refractivity contribution is 1.30. The minimum absolute atomic E-state index is 0.657. The maximum absolute atomic E-state index is 8.34. The number of halogens is 1. The monoisotopic (exact) mass is 305 g/mol. The first-order chi connectivity index (χ1) is 6.19. The molecule has 0 fully saturated rings. The van der Waals surface area contributed by atoms with Crippen LogP contribution >= 0.6 is 35.2 Å². The smallest absolute Gasteiger partial charge is 0.0418 e. The molecule has 0 saturated heterocycles. The number of nitrogens with zero attached hydrogens (tertiary/aromatic N) is 3. The molecule has 1 rings (SSSR count). The van der Waals surface area contributed by atoms with Gasteiger partial charge < -0.3 is 0 Å². The van der Waals surface area contributed by atoms with Crippen LogP contribution in [0.4, 0.5) is 5.69 Å². The summed E-state index contributed by atoms with van der Waals surface area (Å²) >= 11 is 6.39. The van der Waals surface area contributed by atoms with Crippen molar-refractivity contribution in [1.82, 2.24) is 0 Å². The summed E-state index contributed by atoms with van der Waals surface area (Å²) in [6.45, 7) is 1.94. The summed E-state index contributed by atoms with van der Waals surface area (Å²) in [6, 6.07) is 3.91. The molecule has 1 aromatic carbocycles. The summed E-state index contributed by atoms with van der Waals surface area (Å²) in [4.78, 5) is 2.78. The Morgan fingerprint density at radius 2 is 2.31 bits per heavy atom. The van der Waals surface area contributed by atoms with E-state index >= 15 is 0 Å². The molecule has 13 heavy (non-hydrogen) atoms. The van der Waals surface area contributed by atoms with Gasteiger partial charge >= 0.3 is 0 Å². The summed E-state index contributed by atoms with van der Waals surface area (Å²) in [5, 5.41) is 3.62. The van der Waals surface area contributed by atoms with E-state index in [0.717, 1.165) is 14.7 Å². The van der Waals surface area contributed by atoms with Crippen LogP contribution in [0.15, 0.2) is 17.2 Å². The Morgan fingerprint density at radius 1 is 1.62 bits per heavy atom. The van der Waals surface area contributed by atoms with Gasteiger partial charge in [0.05, 0.1) is 0 Å². The van der Waals surface area contributed by atoms with E-state index in [0.29, 0.717) is 11.4 Å². The van der Waals surface area contributed by atoms with Crippen molar-refractivity contribution in [3.8, 4) is 0 Å². The number of azide groups is 1. The van der Waals surface area contributed by atoms with Crippen LogP contribution in [0.2, 0.25) is 0 Å². The Balaban J connectivity index is 3.32. The molecule has 0 bridgehead atoms. The van der Waals surface area contributed by atoms with E-state index in [1.54, 1.807) is 0 Å². The Hall–Kier alpha value is -0.390. The molecule has 0 N–H and O–H groups in total. The van der Waals surface area contributed by atoms with E-state index in [1.807, 2.05) is 19.1 Å². The molecular formula is C8H8IN3S. The van der Waals surface area contributed by atoms with Gasteiger partial charge in [-0.2, -0.15) is 12.6 Å². The van der Waals surface area contributed by atoms with Gasteiger partial charge in [0.2, 0.25) is 0 Å². The zero-order valence-corrected chi connectivity index (χ0v) is 10.1. The van der Waals surface area contributed by atoms with Crippen molar-refractivity contribution in [2.24, 2.45) is 5.11 Å². The molecule has 0 spiro atoms.